The van der Waals surface area contributed by atoms with Crippen LogP contribution in [0.5, 0.6) is 0 Å². The van der Waals surface area contributed by atoms with E-state index in [4.69, 9.17) is 25.4 Å². The molecule has 0 aliphatic heterocycles. The Kier molecular flexibility index (Phi) is 35.2. The minimum atomic E-state index is -1.93. The predicted octanol–water partition coefficient (Wildman–Crippen LogP) is -3.56. The van der Waals surface area contributed by atoms with Crippen molar-refractivity contribution >= 4 is 77.2 Å². The Balaban J connectivity index is 2.08. The van der Waals surface area contributed by atoms with E-state index in [2.05, 4.69) is 57.8 Å². The summed E-state index contributed by atoms with van der Waals surface area (Å²) in [5.74, 6) is -15.0. The largest absolute Gasteiger partial charge is 0.481 e. The molecule has 0 aliphatic rings. The fraction of sp³-hybridized carbons (Fsp3) is 0.660. The van der Waals surface area contributed by atoms with E-state index in [1.807, 2.05) is 0 Å². The van der Waals surface area contributed by atoms with Crippen molar-refractivity contribution in [3.8, 4) is 0 Å². The van der Waals surface area contributed by atoms with Crippen LogP contribution >= 0.6 is 0 Å². The van der Waals surface area contributed by atoms with Crippen molar-refractivity contribution in [1.29, 1.82) is 0 Å². The standard InChI is InChI=1S/C50H78N14O21/c51-16-21-84-23-24-85-22-18-53-46(79)33(56-50(83)37(28-45(77)78)58-49(82)36(27-44(75)76)55-39(66)13-3-6-20-64-30-32(60-62-64)10-8-15-41(69)70)11-1-4-17-52-47(80)34(25-42(71)72)57-48(81)35(26-43(73)74)54-38(65)12-2-5-19-63-29-31(59-61-63)9-7-14-40(67)68/h29-30,33-37H,1-28,51H2,(H,52,80)(H,53,79)(H,54,65)(H,55,66)(H,56,83)(H,57,81)(H,58,82)(H,67,68)(H,69,70)(H,71,72)(H,73,74)(H,75,76)(H,77,78)/t33-,34-,35-,36-,37-/m0/s1. The molecule has 0 saturated carbocycles. The van der Waals surface area contributed by atoms with E-state index in [9.17, 15) is 82.8 Å². The zero-order valence-electron chi connectivity index (χ0n) is 46.9. The highest BCUT2D eigenvalue weighted by Crippen LogP contribution is 2.09. The van der Waals surface area contributed by atoms with Crippen LogP contribution in [0.1, 0.15) is 121 Å². The van der Waals surface area contributed by atoms with Gasteiger partial charge in [-0.25, -0.2) is 0 Å². The molecule has 35 heteroatoms. The summed E-state index contributed by atoms with van der Waals surface area (Å²) in [6.07, 6.45) is 1.52. The number of amides is 7. The molecule has 0 bridgehead atoms. The van der Waals surface area contributed by atoms with Gasteiger partial charge in [0, 0.05) is 70.8 Å². The third kappa shape index (κ3) is 33.8. The molecule has 0 saturated heterocycles. The van der Waals surface area contributed by atoms with Crippen LogP contribution in [-0.4, -0.2) is 214 Å². The van der Waals surface area contributed by atoms with Gasteiger partial charge in [0.05, 0.1) is 63.5 Å². The first-order valence-corrected chi connectivity index (χ1v) is 27.5. The number of aliphatic carboxylic acids is 6. The third-order valence-electron chi connectivity index (χ3n) is 12.0. The van der Waals surface area contributed by atoms with Gasteiger partial charge in [-0.05, 0) is 70.6 Å². The average Bonchev–Trinajstić information content (AvgIpc) is 4.24. The Morgan fingerprint density at radius 2 is 0.812 bits per heavy atom. The third-order valence-corrected chi connectivity index (χ3v) is 12.0. The number of ether oxygens (including phenoxy) is 2. The maximum Gasteiger partial charge on any atom is 0.305 e. The number of nitrogens with two attached hydrogens (primary N) is 1. The maximum absolute atomic E-state index is 13.7. The van der Waals surface area contributed by atoms with Crippen LogP contribution in [0.15, 0.2) is 12.4 Å². The first-order valence-electron chi connectivity index (χ1n) is 27.5. The molecule has 0 fully saturated rings. The zero-order valence-corrected chi connectivity index (χ0v) is 46.9. The van der Waals surface area contributed by atoms with E-state index in [0.717, 1.165) is 0 Å². The van der Waals surface area contributed by atoms with E-state index in [1.54, 1.807) is 12.4 Å². The van der Waals surface area contributed by atoms with Crippen LogP contribution in [0.25, 0.3) is 0 Å². The summed E-state index contributed by atoms with van der Waals surface area (Å²) < 4.78 is 13.6. The number of carboxylic acid groups (broad SMARTS) is 6. The minimum absolute atomic E-state index is 0.0158. The molecule has 7 amide bonds. The molecule has 5 atom stereocenters. The van der Waals surface area contributed by atoms with Gasteiger partial charge in [0.25, 0.3) is 0 Å². The summed E-state index contributed by atoms with van der Waals surface area (Å²) in [4.78, 5) is 162. The molecule has 2 heterocycles. The second kappa shape index (κ2) is 41.3. The summed E-state index contributed by atoms with van der Waals surface area (Å²) in [6.45, 7) is 1.22. The number of rotatable bonds is 49. The summed E-state index contributed by atoms with van der Waals surface area (Å²) in [6, 6.07) is -8.67. The molecular formula is C50H78N14O21. The lowest BCUT2D eigenvalue weighted by atomic mass is 10.1. The van der Waals surface area contributed by atoms with E-state index >= 15 is 0 Å². The summed E-state index contributed by atoms with van der Waals surface area (Å²) in [7, 11) is 0. The summed E-state index contributed by atoms with van der Waals surface area (Å²) >= 11 is 0. The van der Waals surface area contributed by atoms with Gasteiger partial charge in [-0.3, -0.25) is 71.7 Å². The van der Waals surface area contributed by atoms with Gasteiger partial charge in [0.15, 0.2) is 0 Å². The van der Waals surface area contributed by atoms with Gasteiger partial charge < -0.3 is 83.1 Å². The number of aryl methyl sites for hydroxylation is 4. The predicted molar refractivity (Wildman–Crippen MR) is 288 cm³/mol. The van der Waals surface area contributed by atoms with Crippen LogP contribution in [0.3, 0.4) is 0 Å². The summed E-state index contributed by atoms with van der Waals surface area (Å²) in [5, 5.41) is 88.1. The molecule has 474 valence electrons. The Morgan fingerprint density at radius 3 is 1.24 bits per heavy atom. The number of aromatic nitrogens is 6. The molecule has 0 aromatic carbocycles. The van der Waals surface area contributed by atoms with E-state index in [1.165, 1.54) is 9.36 Å². The molecule has 35 nitrogen and oxygen atoms in total. The van der Waals surface area contributed by atoms with E-state index in [-0.39, 0.29) is 104 Å². The topological polar surface area (TPSA) is 533 Å². The number of hydrogen-bond acceptors (Lipinski definition) is 20. The molecule has 2 aromatic rings. The lowest BCUT2D eigenvalue weighted by Crippen LogP contribution is -2.57. The molecule has 15 N–H and O–H groups in total. The van der Waals surface area contributed by atoms with Gasteiger partial charge in [-0.15, -0.1) is 10.2 Å². The number of unbranched alkanes of at least 4 members (excludes halogenated alkanes) is 3. The van der Waals surface area contributed by atoms with Crippen molar-refractivity contribution in [3.05, 3.63) is 23.8 Å². The Hall–Kier alpha value is -8.73. The minimum Gasteiger partial charge on any atom is -0.481 e. The maximum atomic E-state index is 13.7. The highest BCUT2D eigenvalue weighted by molar-refractivity contribution is 5.97. The van der Waals surface area contributed by atoms with Gasteiger partial charge in [0.2, 0.25) is 41.4 Å². The van der Waals surface area contributed by atoms with E-state index in [0.29, 0.717) is 63.0 Å². The van der Waals surface area contributed by atoms with Crippen molar-refractivity contribution in [2.75, 3.05) is 46.1 Å². The molecule has 0 unspecified atom stereocenters. The molecule has 85 heavy (non-hydrogen) atoms. The molecular weight excluding hydrogens is 1130 g/mol. The van der Waals surface area contributed by atoms with Gasteiger partial charge >= 0.3 is 35.8 Å². The molecule has 0 spiro atoms. The fourth-order valence-electron chi connectivity index (χ4n) is 7.82. The summed E-state index contributed by atoms with van der Waals surface area (Å²) in [5.41, 5.74) is 6.55. The lowest BCUT2D eigenvalue weighted by Gasteiger charge is -2.24. The first kappa shape index (κ1) is 72.4. The highest BCUT2D eigenvalue weighted by atomic mass is 16.5. The second-order valence-electron chi connectivity index (χ2n) is 19.3. The smallest absolute Gasteiger partial charge is 0.305 e. The number of nitrogens with zero attached hydrogens (tertiary/aromatic N) is 6. The Morgan fingerprint density at radius 1 is 0.424 bits per heavy atom. The highest BCUT2D eigenvalue weighted by Gasteiger charge is 2.33. The van der Waals surface area contributed by atoms with Crippen molar-refractivity contribution in [2.45, 2.75) is 165 Å². The normalized spacial score (nSPS) is 12.7. The SMILES string of the molecule is NCCOCCOCCNC(=O)[C@H](CCCCNC(=O)[C@H](CC(=O)O)NC(=O)[C@H](CC(=O)O)NC(=O)CCCCn1cc(CCCC(=O)O)nn1)NC(=O)[C@H](CC(=O)O)NC(=O)[C@H](CC(=O)O)NC(=O)CCCCn1cc(CCCC(=O)O)nn1. The first-order chi connectivity index (χ1) is 40.4. The molecule has 2 rings (SSSR count). The second-order valence-corrected chi connectivity index (χ2v) is 19.3. The zero-order chi connectivity index (χ0) is 63.1. The Bertz CT molecular complexity index is 2530. The quantitative estimate of drug-likeness (QED) is 0.0285. The number of carboxylic acids is 6. The van der Waals surface area contributed by atoms with Crippen molar-refractivity contribution < 1.29 is 102 Å². The van der Waals surface area contributed by atoms with Crippen molar-refractivity contribution in [2.24, 2.45) is 5.73 Å². The Labute approximate surface area is 486 Å². The molecule has 2 aromatic heterocycles. The average molecular weight is 1210 g/mol. The van der Waals surface area contributed by atoms with Crippen LogP contribution < -0.4 is 43.0 Å². The van der Waals surface area contributed by atoms with E-state index < -0.39 is 133 Å². The van der Waals surface area contributed by atoms with Gasteiger partial charge in [-0.2, -0.15) is 0 Å². The van der Waals surface area contributed by atoms with Crippen LogP contribution in [-0.2, 0) is 97.7 Å². The van der Waals surface area contributed by atoms with Gasteiger partial charge in [0.1, 0.15) is 30.2 Å². The number of nitrogens with one attached hydrogen (secondary N) is 7. The number of hydrogen-bond donors (Lipinski definition) is 14. The molecule has 0 aliphatic carbocycles. The van der Waals surface area contributed by atoms with Gasteiger partial charge in [-0.1, -0.05) is 10.4 Å². The van der Waals surface area contributed by atoms with Crippen LogP contribution in [0.4, 0.5) is 0 Å². The monoisotopic (exact) mass is 1210 g/mol. The van der Waals surface area contributed by atoms with Crippen molar-refractivity contribution in [3.63, 3.8) is 0 Å². The molecule has 0 radical (unpaired) electrons. The van der Waals surface area contributed by atoms with Crippen LogP contribution in [0, 0.1) is 0 Å². The van der Waals surface area contributed by atoms with Crippen molar-refractivity contribution in [1.82, 2.24) is 67.2 Å². The number of carbonyl (C=O) groups excluding carboxylic acids is 7. The lowest BCUT2D eigenvalue weighted by molar-refractivity contribution is -0.143. The van der Waals surface area contributed by atoms with Crippen LogP contribution in [0.2, 0.25) is 0 Å². The number of carbonyl (C=O) groups is 13. The fourth-order valence-corrected chi connectivity index (χ4v) is 7.82.